The summed E-state index contributed by atoms with van der Waals surface area (Å²) in [6.45, 7) is 2.85. The number of nitrogens with zero attached hydrogens (tertiary/aromatic N) is 1. The zero-order chi connectivity index (χ0) is 14.8. The van der Waals surface area contributed by atoms with Crippen LogP contribution in [0.2, 0.25) is 0 Å². The molecule has 0 aromatic heterocycles. The molecule has 2 aromatic carbocycles. The number of amides is 1. The fourth-order valence-electron chi connectivity index (χ4n) is 2.86. The maximum Gasteiger partial charge on any atom is 0.243 e. The molecule has 108 valence electrons. The summed E-state index contributed by atoms with van der Waals surface area (Å²) in [6, 6.07) is 16.1. The third-order valence-corrected chi connectivity index (χ3v) is 3.83. The van der Waals surface area contributed by atoms with Gasteiger partial charge in [-0.1, -0.05) is 42.0 Å². The van der Waals surface area contributed by atoms with E-state index in [1.165, 1.54) is 5.56 Å². The van der Waals surface area contributed by atoms with E-state index in [1.807, 2.05) is 30.3 Å². The normalized spacial score (nSPS) is 15.3. The summed E-state index contributed by atoms with van der Waals surface area (Å²) in [5.41, 5.74) is 10.2. The Morgan fingerprint density at radius 2 is 2.05 bits per heavy atom. The lowest BCUT2D eigenvalue weighted by Gasteiger charge is -2.37. The van der Waals surface area contributed by atoms with Gasteiger partial charge in [0.2, 0.25) is 5.91 Å². The van der Waals surface area contributed by atoms with Crippen molar-refractivity contribution in [2.24, 2.45) is 5.73 Å². The Labute approximate surface area is 124 Å². The number of carbonyl (C=O) groups excluding carboxylic acids is 1. The van der Waals surface area contributed by atoms with Crippen LogP contribution in [0.5, 0.6) is 0 Å². The molecule has 4 nitrogen and oxygen atoms in total. The SMILES string of the molecule is Cc1cccc(C(CN)N2CC(=O)Nc3ccccc32)c1. The third-order valence-electron chi connectivity index (χ3n) is 3.83. The van der Waals surface area contributed by atoms with Crippen molar-refractivity contribution >= 4 is 17.3 Å². The van der Waals surface area contributed by atoms with Gasteiger partial charge < -0.3 is 16.0 Å². The predicted octanol–water partition coefficient (Wildman–Crippen LogP) is 2.45. The highest BCUT2D eigenvalue weighted by Gasteiger charge is 2.27. The molecule has 1 aliphatic heterocycles. The van der Waals surface area contributed by atoms with Gasteiger partial charge in [-0.05, 0) is 24.6 Å². The van der Waals surface area contributed by atoms with Gasteiger partial charge in [0.1, 0.15) is 0 Å². The van der Waals surface area contributed by atoms with E-state index in [2.05, 4.69) is 35.3 Å². The molecule has 2 aromatic rings. The molecule has 0 radical (unpaired) electrons. The van der Waals surface area contributed by atoms with Gasteiger partial charge in [-0.15, -0.1) is 0 Å². The third kappa shape index (κ3) is 2.62. The Kier molecular flexibility index (Phi) is 3.62. The highest BCUT2D eigenvalue weighted by atomic mass is 16.2. The van der Waals surface area contributed by atoms with Gasteiger partial charge in [-0.2, -0.15) is 0 Å². The average molecular weight is 281 g/mol. The Hall–Kier alpha value is -2.33. The first-order valence-corrected chi connectivity index (χ1v) is 7.11. The van der Waals surface area contributed by atoms with Crippen molar-refractivity contribution in [3.63, 3.8) is 0 Å². The molecule has 3 rings (SSSR count). The van der Waals surface area contributed by atoms with E-state index in [0.717, 1.165) is 16.9 Å². The summed E-state index contributed by atoms with van der Waals surface area (Å²) in [5.74, 6) is -0.000182. The minimum absolute atomic E-state index is 0.000182. The second-order valence-electron chi connectivity index (χ2n) is 5.36. The number of hydrogen-bond acceptors (Lipinski definition) is 3. The van der Waals surface area contributed by atoms with Crippen molar-refractivity contribution in [1.82, 2.24) is 0 Å². The Morgan fingerprint density at radius 1 is 1.24 bits per heavy atom. The highest BCUT2D eigenvalue weighted by molar-refractivity contribution is 6.01. The smallest absolute Gasteiger partial charge is 0.243 e. The van der Waals surface area contributed by atoms with E-state index in [9.17, 15) is 4.79 Å². The first-order chi connectivity index (χ1) is 10.2. The molecule has 1 atom stereocenters. The number of benzene rings is 2. The number of nitrogens with two attached hydrogens (primary N) is 1. The zero-order valence-corrected chi connectivity index (χ0v) is 12.0. The van der Waals surface area contributed by atoms with Crippen LogP contribution in [0.1, 0.15) is 17.2 Å². The van der Waals surface area contributed by atoms with Crippen molar-refractivity contribution in [2.75, 3.05) is 23.3 Å². The summed E-state index contributed by atoms with van der Waals surface area (Å²) >= 11 is 0. The molecule has 0 saturated carbocycles. The quantitative estimate of drug-likeness (QED) is 0.908. The minimum Gasteiger partial charge on any atom is -0.352 e. The van der Waals surface area contributed by atoms with Gasteiger partial charge in [-0.25, -0.2) is 0 Å². The van der Waals surface area contributed by atoms with Gasteiger partial charge in [0.05, 0.1) is 24.0 Å². The molecule has 1 amide bonds. The van der Waals surface area contributed by atoms with Crippen molar-refractivity contribution in [1.29, 1.82) is 0 Å². The number of nitrogens with one attached hydrogen (secondary N) is 1. The average Bonchev–Trinajstić information content (AvgIpc) is 2.48. The summed E-state index contributed by atoms with van der Waals surface area (Å²) in [5, 5.41) is 2.91. The number of carbonyl (C=O) groups is 1. The fraction of sp³-hybridized carbons (Fsp3) is 0.235. The minimum atomic E-state index is -0.00269. The lowest BCUT2D eigenvalue weighted by molar-refractivity contribution is -0.115. The topological polar surface area (TPSA) is 58.4 Å². The first-order valence-electron chi connectivity index (χ1n) is 7.11. The van der Waals surface area contributed by atoms with E-state index in [4.69, 9.17) is 5.73 Å². The summed E-state index contributed by atoms with van der Waals surface area (Å²) in [4.78, 5) is 14.0. The molecule has 21 heavy (non-hydrogen) atoms. The van der Waals surface area contributed by atoms with Crippen LogP contribution in [0, 0.1) is 6.92 Å². The van der Waals surface area contributed by atoms with E-state index >= 15 is 0 Å². The fourth-order valence-corrected chi connectivity index (χ4v) is 2.86. The van der Waals surface area contributed by atoms with Crippen molar-refractivity contribution in [2.45, 2.75) is 13.0 Å². The maximum absolute atomic E-state index is 12.0. The number of anilines is 2. The Bertz CT molecular complexity index is 669. The van der Waals surface area contributed by atoms with Gasteiger partial charge in [0, 0.05) is 6.54 Å². The van der Waals surface area contributed by atoms with Crippen LogP contribution in [0.25, 0.3) is 0 Å². The van der Waals surface area contributed by atoms with E-state index in [-0.39, 0.29) is 11.9 Å². The molecule has 1 unspecified atom stereocenters. The molecule has 0 spiro atoms. The van der Waals surface area contributed by atoms with Gasteiger partial charge >= 0.3 is 0 Å². The number of para-hydroxylation sites is 2. The van der Waals surface area contributed by atoms with Gasteiger partial charge in [0.25, 0.3) is 0 Å². The van der Waals surface area contributed by atoms with E-state index in [0.29, 0.717) is 13.1 Å². The largest absolute Gasteiger partial charge is 0.352 e. The highest BCUT2D eigenvalue weighted by Crippen LogP contribution is 2.35. The lowest BCUT2D eigenvalue weighted by Crippen LogP contribution is -2.43. The summed E-state index contributed by atoms with van der Waals surface area (Å²) in [7, 11) is 0. The summed E-state index contributed by atoms with van der Waals surface area (Å²) in [6.07, 6.45) is 0. The number of fused-ring (bicyclic) bond motifs is 1. The maximum atomic E-state index is 12.0. The number of aryl methyl sites for hydroxylation is 1. The second kappa shape index (κ2) is 5.58. The Balaban J connectivity index is 2.03. The van der Waals surface area contributed by atoms with Crippen LogP contribution in [-0.2, 0) is 4.79 Å². The van der Waals surface area contributed by atoms with Crippen molar-refractivity contribution in [3.05, 3.63) is 59.7 Å². The zero-order valence-electron chi connectivity index (χ0n) is 12.0. The van der Waals surface area contributed by atoms with Crippen molar-refractivity contribution in [3.8, 4) is 0 Å². The van der Waals surface area contributed by atoms with E-state index in [1.54, 1.807) is 0 Å². The molecule has 0 bridgehead atoms. The van der Waals surface area contributed by atoms with Crippen LogP contribution in [0.15, 0.2) is 48.5 Å². The van der Waals surface area contributed by atoms with Crippen LogP contribution in [0.4, 0.5) is 11.4 Å². The molecule has 0 saturated heterocycles. The number of rotatable bonds is 3. The van der Waals surface area contributed by atoms with Crippen LogP contribution in [-0.4, -0.2) is 19.0 Å². The molecular formula is C17H19N3O. The first kappa shape index (κ1) is 13.6. The second-order valence-corrected chi connectivity index (χ2v) is 5.36. The molecule has 0 aliphatic carbocycles. The summed E-state index contributed by atoms with van der Waals surface area (Å²) < 4.78 is 0. The van der Waals surface area contributed by atoms with Crippen LogP contribution in [0.3, 0.4) is 0 Å². The van der Waals surface area contributed by atoms with Gasteiger partial charge in [0.15, 0.2) is 0 Å². The lowest BCUT2D eigenvalue weighted by atomic mass is 10.0. The van der Waals surface area contributed by atoms with Crippen LogP contribution < -0.4 is 16.0 Å². The molecule has 4 heteroatoms. The number of hydrogen-bond donors (Lipinski definition) is 2. The van der Waals surface area contributed by atoms with E-state index < -0.39 is 0 Å². The molecule has 1 heterocycles. The van der Waals surface area contributed by atoms with Gasteiger partial charge in [-0.3, -0.25) is 4.79 Å². The standard InChI is InChI=1S/C17H19N3O/c1-12-5-4-6-13(9-12)16(10-18)20-11-17(21)19-14-7-2-3-8-15(14)20/h2-9,16H,10-11,18H2,1H3,(H,19,21). The molecule has 3 N–H and O–H groups in total. The molecular weight excluding hydrogens is 262 g/mol. The Morgan fingerprint density at radius 3 is 2.81 bits per heavy atom. The van der Waals surface area contributed by atoms with Crippen LogP contribution >= 0.6 is 0 Å². The predicted molar refractivity (Wildman–Crippen MR) is 85.4 cm³/mol. The monoisotopic (exact) mass is 281 g/mol. The van der Waals surface area contributed by atoms with Crippen molar-refractivity contribution < 1.29 is 4.79 Å². The molecule has 0 fully saturated rings. The molecule has 1 aliphatic rings.